The van der Waals surface area contributed by atoms with Gasteiger partial charge in [-0.15, -0.1) is 0 Å². The minimum absolute atomic E-state index is 0.0163. The Balaban J connectivity index is 1.90. The van der Waals surface area contributed by atoms with Crippen LogP contribution in [0.2, 0.25) is 5.02 Å². The lowest BCUT2D eigenvalue weighted by Crippen LogP contribution is -2.40. The van der Waals surface area contributed by atoms with Crippen molar-refractivity contribution in [1.82, 2.24) is 9.80 Å². The molecule has 0 N–H and O–H groups in total. The first kappa shape index (κ1) is 29.1. The van der Waals surface area contributed by atoms with Crippen molar-refractivity contribution in [1.29, 1.82) is 0 Å². The van der Waals surface area contributed by atoms with Crippen LogP contribution in [0.25, 0.3) is 0 Å². The number of benzene rings is 2. The number of amides is 2. The zero-order valence-corrected chi connectivity index (χ0v) is 23.0. The van der Waals surface area contributed by atoms with Gasteiger partial charge in [0.05, 0.1) is 0 Å². The summed E-state index contributed by atoms with van der Waals surface area (Å²) in [6.07, 6.45) is 2.44. The molecule has 8 heteroatoms. The van der Waals surface area contributed by atoms with E-state index in [1.54, 1.807) is 15.9 Å². The first-order valence-electron chi connectivity index (χ1n) is 13.1. The van der Waals surface area contributed by atoms with Gasteiger partial charge in [-0.1, -0.05) is 43.6 Å². The molecule has 1 aliphatic rings. The van der Waals surface area contributed by atoms with Crippen LogP contribution in [0.4, 0.5) is 10.1 Å². The minimum Gasteiger partial charge on any atom is -0.375 e. The number of hydrogen-bond acceptors (Lipinski definition) is 4. The molecule has 37 heavy (non-hydrogen) atoms. The Hall–Kier alpha value is -2.48. The second-order valence-corrected chi connectivity index (χ2v) is 10.5. The van der Waals surface area contributed by atoms with Crippen LogP contribution in [-0.4, -0.2) is 68.1 Å². The average Bonchev–Trinajstić information content (AvgIpc) is 2.84. The van der Waals surface area contributed by atoms with Crippen LogP contribution in [0.15, 0.2) is 42.5 Å². The molecule has 0 saturated heterocycles. The molecule has 2 aromatic rings. The largest absolute Gasteiger partial charge is 0.375 e. The van der Waals surface area contributed by atoms with Gasteiger partial charge in [0, 0.05) is 50.4 Å². The van der Waals surface area contributed by atoms with E-state index in [0.29, 0.717) is 48.1 Å². The van der Waals surface area contributed by atoms with E-state index in [1.807, 2.05) is 24.3 Å². The van der Waals surface area contributed by atoms with Crippen molar-refractivity contribution in [2.75, 3.05) is 51.3 Å². The number of methoxy groups -OCH3 is 1. The molecule has 2 aromatic carbocycles. The van der Waals surface area contributed by atoms with Crippen molar-refractivity contribution in [2.45, 2.75) is 46.1 Å². The number of halogens is 2. The molecule has 0 aromatic heterocycles. The first-order valence-corrected chi connectivity index (χ1v) is 13.5. The molecule has 0 bridgehead atoms. The summed E-state index contributed by atoms with van der Waals surface area (Å²) in [7, 11) is 1.49. The van der Waals surface area contributed by atoms with Gasteiger partial charge in [0.25, 0.3) is 5.91 Å². The summed E-state index contributed by atoms with van der Waals surface area (Å²) < 4.78 is 19.5. The van der Waals surface area contributed by atoms with E-state index in [1.165, 1.54) is 19.2 Å². The van der Waals surface area contributed by atoms with Crippen LogP contribution >= 0.6 is 11.6 Å². The summed E-state index contributed by atoms with van der Waals surface area (Å²) in [6, 6.07) is 12.0. The van der Waals surface area contributed by atoms with Crippen molar-refractivity contribution in [2.24, 2.45) is 5.92 Å². The molecule has 0 radical (unpaired) electrons. The van der Waals surface area contributed by atoms with Crippen molar-refractivity contribution >= 4 is 29.1 Å². The van der Waals surface area contributed by atoms with Gasteiger partial charge in [-0.05, 0) is 73.7 Å². The quantitative estimate of drug-likeness (QED) is 0.494. The number of aryl methyl sites for hydroxylation is 1. The molecule has 1 aliphatic heterocycles. The van der Waals surface area contributed by atoms with Crippen molar-refractivity contribution in [3.63, 3.8) is 0 Å². The van der Waals surface area contributed by atoms with Gasteiger partial charge in [-0.25, -0.2) is 4.39 Å². The number of hydrogen-bond donors (Lipinski definition) is 0. The smallest absolute Gasteiger partial charge is 0.252 e. The number of carbonyl (C=O) groups is 2. The van der Waals surface area contributed by atoms with E-state index in [0.717, 1.165) is 38.0 Å². The molecule has 0 fully saturated rings. The Kier molecular flexibility index (Phi) is 11.4. The summed E-state index contributed by atoms with van der Waals surface area (Å²) in [5, 5.41) is 0.646. The van der Waals surface area contributed by atoms with Gasteiger partial charge in [-0.2, -0.15) is 0 Å². The number of rotatable bonds is 7. The second kappa shape index (κ2) is 14.5. The summed E-state index contributed by atoms with van der Waals surface area (Å²) >= 11 is 6.31. The van der Waals surface area contributed by atoms with Crippen LogP contribution in [0.3, 0.4) is 0 Å². The molecule has 6 nitrogen and oxygen atoms in total. The van der Waals surface area contributed by atoms with Crippen molar-refractivity contribution in [3.05, 3.63) is 64.4 Å². The second-order valence-electron chi connectivity index (χ2n) is 10.1. The standard InChI is InChI=1S/C29H39ClFN3O3/c1-22(2)19-32-14-6-16-33(28(35)13-10-23-8-4-5-9-26(23)30)20-24-18-25(31)11-12-27(24)34(17-7-15-32)29(36)21-37-3/h4-5,8-9,11-12,18,22H,6-7,10,13-17,19-21H2,1-3H3. The van der Waals surface area contributed by atoms with E-state index in [4.69, 9.17) is 16.3 Å². The monoisotopic (exact) mass is 531 g/mol. The fraction of sp³-hybridized carbons (Fsp3) is 0.517. The molecule has 2 amide bonds. The normalized spacial score (nSPS) is 15.7. The molecular formula is C29H39ClFN3O3. The molecule has 0 aliphatic carbocycles. The molecule has 0 atom stereocenters. The Morgan fingerprint density at radius 1 is 1.03 bits per heavy atom. The predicted molar refractivity (Wildman–Crippen MR) is 146 cm³/mol. The Labute approximate surface area is 225 Å². The summed E-state index contributed by atoms with van der Waals surface area (Å²) in [6.45, 7) is 8.25. The third kappa shape index (κ3) is 8.80. The topological polar surface area (TPSA) is 53.1 Å². The number of anilines is 1. The molecule has 0 saturated carbocycles. The molecular weight excluding hydrogens is 493 g/mol. The van der Waals surface area contributed by atoms with Crippen LogP contribution < -0.4 is 4.90 Å². The number of ether oxygens (including phenoxy) is 1. The Morgan fingerprint density at radius 3 is 2.46 bits per heavy atom. The number of fused-ring (bicyclic) bond motifs is 1. The third-order valence-electron chi connectivity index (χ3n) is 6.56. The van der Waals surface area contributed by atoms with Gasteiger partial charge in [0.1, 0.15) is 12.4 Å². The predicted octanol–water partition coefficient (Wildman–Crippen LogP) is 5.17. The SMILES string of the molecule is COCC(=O)N1CCCN(CC(C)C)CCCN(C(=O)CCc2ccccc2Cl)Cc2cc(F)ccc21. The maximum atomic E-state index is 14.4. The van der Waals surface area contributed by atoms with E-state index in [9.17, 15) is 14.0 Å². The Bertz CT molecular complexity index is 1050. The fourth-order valence-corrected chi connectivity index (χ4v) is 5.10. The number of carbonyl (C=O) groups excluding carboxylic acids is 2. The zero-order valence-electron chi connectivity index (χ0n) is 22.2. The lowest BCUT2D eigenvalue weighted by atomic mass is 10.1. The van der Waals surface area contributed by atoms with Gasteiger partial charge >= 0.3 is 0 Å². The van der Waals surface area contributed by atoms with Gasteiger partial charge < -0.3 is 19.4 Å². The van der Waals surface area contributed by atoms with E-state index >= 15 is 0 Å². The van der Waals surface area contributed by atoms with Gasteiger partial charge in [0.2, 0.25) is 5.91 Å². The van der Waals surface area contributed by atoms with Crippen LogP contribution in [0.5, 0.6) is 0 Å². The molecule has 202 valence electrons. The molecule has 1 heterocycles. The molecule has 0 spiro atoms. The lowest BCUT2D eigenvalue weighted by molar-refractivity contribution is -0.131. The highest BCUT2D eigenvalue weighted by Gasteiger charge is 2.24. The lowest BCUT2D eigenvalue weighted by Gasteiger charge is -2.32. The summed E-state index contributed by atoms with van der Waals surface area (Å²) in [4.78, 5) is 32.4. The summed E-state index contributed by atoms with van der Waals surface area (Å²) in [5.74, 6) is -0.0791. The molecule has 3 rings (SSSR count). The van der Waals surface area contributed by atoms with Crippen LogP contribution in [0.1, 0.15) is 44.2 Å². The van der Waals surface area contributed by atoms with Gasteiger partial charge in [-0.3, -0.25) is 9.59 Å². The highest BCUT2D eigenvalue weighted by Crippen LogP contribution is 2.26. The van der Waals surface area contributed by atoms with Crippen molar-refractivity contribution < 1.29 is 18.7 Å². The summed E-state index contributed by atoms with van der Waals surface area (Å²) in [5.41, 5.74) is 2.18. The van der Waals surface area contributed by atoms with Crippen molar-refractivity contribution in [3.8, 4) is 0 Å². The fourth-order valence-electron chi connectivity index (χ4n) is 4.87. The minimum atomic E-state index is -0.392. The van der Waals surface area contributed by atoms with Gasteiger partial charge in [0.15, 0.2) is 0 Å². The van der Waals surface area contributed by atoms with Crippen LogP contribution in [-0.2, 0) is 27.3 Å². The van der Waals surface area contributed by atoms with E-state index < -0.39 is 5.82 Å². The molecule has 0 unspecified atom stereocenters. The highest BCUT2D eigenvalue weighted by molar-refractivity contribution is 6.31. The van der Waals surface area contributed by atoms with E-state index in [2.05, 4.69) is 18.7 Å². The third-order valence-corrected chi connectivity index (χ3v) is 6.93. The maximum Gasteiger partial charge on any atom is 0.252 e. The zero-order chi connectivity index (χ0) is 26.8. The van der Waals surface area contributed by atoms with Crippen LogP contribution in [0, 0.1) is 11.7 Å². The first-order chi connectivity index (χ1) is 17.8. The highest BCUT2D eigenvalue weighted by atomic mass is 35.5. The van der Waals surface area contributed by atoms with E-state index in [-0.39, 0.29) is 25.0 Å². The average molecular weight is 532 g/mol. The number of nitrogens with zero attached hydrogens (tertiary/aromatic N) is 3. The maximum absolute atomic E-state index is 14.4. The Morgan fingerprint density at radius 2 is 1.76 bits per heavy atom.